The van der Waals surface area contributed by atoms with Crippen LogP contribution < -0.4 is 0 Å². The number of nitro benzene ring substituents is 1. The highest BCUT2D eigenvalue weighted by Crippen LogP contribution is 2.26. The van der Waals surface area contributed by atoms with E-state index in [2.05, 4.69) is 0 Å². The van der Waals surface area contributed by atoms with Crippen molar-refractivity contribution >= 4 is 23.4 Å². The lowest BCUT2D eigenvalue weighted by Crippen LogP contribution is -2.37. The van der Waals surface area contributed by atoms with E-state index in [0.717, 1.165) is 0 Å². The van der Waals surface area contributed by atoms with Gasteiger partial charge in [-0.1, -0.05) is 0 Å². The maximum Gasteiger partial charge on any atom is 0.282 e. The first kappa shape index (κ1) is 17.3. The third-order valence-electron chi connectivity index (χ3n) is 2.65. The second-order valence-electron chi connectivity index (χ2n) is 4.01. The summed E-state index contributed by atoms with van der Waals surface area (Å²) in [7, 11) is 0. The van der Waals surface area contributed by atoms with Gasteiger partial charge in [0, 0.05) is 17.5 Å². The van der Waals surface area contributed by atoms with Crippen LogP contribution in [0.3, 0.4) is 0 Å². The molecule has 0 aliphatic rings. The molecular formula is C12H14F2N2O4S. The van der Waals surface area contributed by atoms with Gasteiger partial charge in [0.2, 0.25) is 0 Å². The Morgan fingerprint density at radius 1 is 1.52 bits per heavy atom. The van der Waals surface area contributed by atoms with Gasteiger partial charge in [0.25, 0.3) is 18.0 Å². The molecule has 0 fully saturated rings. The number of alkyl halides is 2. The Labute approximate surface area is 123 Å². The van der Waals surface area contributed by atoms with E-state index >= 15 is 0 Å². The summed E-state index contributed by atoms with van der Waals surface area (Å²) in [4.78, 5) is 23.8. The maximum absolute atomic E-state index is 12.5. The van der Waals surface area contributed by atoms with Crippen LogP contribution >= 0.6 is 11.8 Å². The van der Waals surface area contributed by atoms with Crippen molar-refractivity contribution in [1.82, 2.24) is 4.90 Å². The Hall–Kier alpha value is -1.74. The zero-order chi connectivity index (χ0) is 16.0. The maximum atomic E-state index is 12.5. The lowest BCUT2D eigenvalue weighted by Gasteiger charge is -2.21. The minimum atomic E-state index is -2.79. The van der Waals surface area contributed by atoms with Crippen molar-refractivity contribution in [3.63, 3.8) is 0 Å². The number of hydrogen-bond acceptors (Lipinski definition) is 5. The van der Waals surface area contributed by atoms with Crippen LogP contribution in [0.4, 0.5) is 14.5 Å². The zero-order valence-corrected chi connectivity index (χ0v) is 12.0. The number of rotatable bonds is 7. The van der Waals surface area contributed by atoms with Gasteiger partial charge in [0.1, 0.15) is 5.56 Å². The van der Waals surface area contributed by atoms with Crippen molar-refractivity contribution in [3.8, 4) is 0 Å². The molecule has 0 atom stereocenters. The van der Waals surface area contributed by atoms with E-state index in [1.165, 1.54) is 30.0 Å². The van der Waals surface area contributed by atoms with E-state index in [0.29, 0.717) is 9.80 Å². The number of hydrogen-bond donors (Lipinski definition) is 1. The average Bonchev–Trinajstić information content (AvgIpc) is 2.44. The lowest BCUT2D eigenvalue weighted by molar-refractivity contribution is -0.385. The van der Waals surface area contributed by atoms with Gasteiger partial charge in [-0.3, -0.25) is 14.9 Å². The molecule has 1 aromatic rings. The van der Waals surface area contributed by atoms with Gasteiger partial charge in [-0.15, -0.1) is 11.8 Å². The minimum absolute atomic E-state index is 0.263. The monoisotopic (exact) mass is 320 g/mol. The van der Waals surface area contributed by atoms with Gasteiger partial charge in [-0.05, 0) is 18.4 Å². The van der Waals surface area contributed by atoms with Gasteiger partial charge in [0.05, 0.1) is 18.1 Å². The van der Waals surface area contributed by atoms with Crippen molar-refractivity contribution in [2.45, 2.75) is 11.3 Å². The molecule has 0 saturated carbocycles. The van der Waals surface area contributed by atoms with Crippen molar-refractivity contribution in [2.24, 2.45) is 0 Å². The van der Waals surface area contributed by atoms with Crippen molar-refractivity contribution in [2.75, 3.05) is 26.0 Å². The van der Waals surface area contributed by atoms with E-state index in [1.54, 1.807) is 6.26 Å². The van der Waals surface area contributed by atoms with Crippen LogP contribution in [-0.2, 0) is 0 Å². The number of halogens is 2. The predicted molar refractivity (Wildman–Crippen MR) is 73.9 cm³/mol. The molecule has 0 bridgehead atoms. The number of aliphatic hydroxyl groups excluding tert-OH is 1. The summed E-state index contributed by atoms with van der Waals surface area (Å²) in [6, 6.07) is 3.93. The summed E-state index contributed by atoms with van der Waals surface area (Å²) >= 11 is 1.27. The largest absolute Gasteiger partial charge is 0.395 e. The second-order valence-corrected chi connectivity index (χ2v) is 4.89. The van der Waals surface area contributed by atoms with Crippen LogP contribution in [0.25, 0.3) is 0 Å². The van der Waals surface area contributed by atoms with E-state index in [-0.39, 0.29) is 12.1 Å². The topological polar surface area (TPSA) is 83.7 Å². The molecule has 1 amide bonds. The predicted octanol–water partition coefficient (Wildman–Crippen LogP) is 2.02. The smallest absolute Gasteiger partial charge is 0.282 e. The number of aliphatic hydroxyl groups is 1. The summed E-state index contributed by atoms with van der Waals surface area (Å²) in [5.74, 6) is -0.896. The van der Waals surface area contributed by atoms with E-state index in [1.807, 2.05) is 0 Å². The number of nitrogens with zero attached hydrogens (tertiary/aromatic N) is 2. The summed E-state index contributed by atoms with van der Waals surface area (Å²) in [6.07, 6.45) is -1.07. The molecule has 116 valence electrons. The molecule has 0 spiro atoms. The van der Waals surface area contributed by atoms with Crippen molar-refractivity contribution in [1.29, 1.82) is 0 Å². The number of nitro groups is 1. The van der Waals surface area contributed by atoms with Crippen LogP contribution in [0.5, 0.6) is 0 Å². The molecule has 0 aliphatic carbocycles. The number of thioether (sulfide) groups is 1. The Morgan fingerprint density at radius 2 is 2.19 bits per heavy atom. The van der Waals surface area contributed by atoms with Crippen LogP contribution in [-0.4, -0.2) is 53.2 Å². The summed E-state index contributed by atoms with van der Waals surface area (Å²) in [5.41, 5.74) is -0.712. The highest BCUT2D eigenvalue weighted by atomic mass is 32.2. The van der Waals surface area contributed by atoms with Gasteiger partial charge in [0.15, 0.2) is 0 Å². The fraction of sp³-hybridized carbons (Fsp3) is 0.417. The molecule has 0 aliphatic heterocycles. The standard InChI is InChI=1S/C12H14F2N2O4S/c1-21-8-2-3-10(16(19)20)9(6-8)12(18)15(4-5-17)7-11(13)14/h2-3,6,11,17H,4-5,7H2,1H3. The first-order chi connectivity index (χ1) is 9.90. The molecule has 0 heterocycles. The van der Waals surface area contributed by atoms with Gasteiger partial charge in [-0.2, -0.15) is 0 Å². The molecular weight excluding hydrogens is 306 g/mol. The van der Waals surface area contributed by atoms with Crippen LogP contribution in [0.1, 0.15) is 10.4 Å². The highest BCUT2D eigenvalue weighted by molar-refractivity contribution is 7.98. The average molecular weight is 320 g/mol. The molecule has 0 aromatic heterocycles. The molecule has 0 radical (unpaired) electrons. The number of carbonyl (C=O) groups is 1. The van der Waals surface area contributed by atoms with Crippen molar-refractivity contribution < 1.29 is 23.6 Å². The molecule has 6 nitrogen and oxygen atoms in total. The van der Waals surface area contributed by atoms with Crippen LogP contribution in [0.15, 0.2) is 23.1 Å². The Kier molecular flexibility index (Phi) is 6.50. The molecule has 0 unspecified atom stereocenters. The SMILES string of the molecule is CSc1ccc([N+](=O)[O-])c(C(=O)N(CCO)CC(F)F)c1. The van der Waals surface area contributed by atoms with E-state index in [9.17, 15) is 23.7 Å². The molecule has 1 aromatic carbocycles. The second kappa shape index (κ2) is 7.89. The Balaban J connectivity index is 3.20. The third-order valence-corrected chi connectivity index (χ3v) is 3.37. The zero-order valence-electron chi connectivity index (χ0n) is 11.2. The van der Waals surface area contributed by atoms with Crippen LogP contribution in [0.2, 0.25) is 0 Å². The first-order valence-electron chi connectivity index (χ1n) is 5.91. The van der Waals surface area contributed by atoms with E-state index in [4.69, 9.17) is 5.11 Å². The van der Waals surface area contributed by atoms with Crippen molar-refractivity contribution in [3.05, 3.63) is 33.9 Å². The quantitative estimate of drug-likeness (QED) is 0.472. The van der Waals surface area contributed by atoms with Crippen LogP contribution in [0, 0.1) is 10.1 Å². The molecule has 1 N–H and O–H groups in total. The number of amides is 1. The fourth-order valence-corrected chi connectivity index (χ4v) is 2.15. The Morgan fingerprint density at radius 3 is 2.67 bits per heavy atom. The van der Waals surface area contributed by atoms with Gasteiger partial charge >= 0.3 is 0 Å². The lowest BCUT2D eigenvalue weighted by atomic mass is 10.1. The highest BCUT2D eigenvalue weighted by Gasteiger charge is 2.26. The molecule has 0 saturated heterocycles. The number of benzene rings is 1. The number of carbonyl (C=O) groups excluding carboxylic acids is 1. The fourth-order valence-electron chi connectivity index (χ4n) is 1.71. The molecule has 9 heteroatoms. The minimum Gasteiger partial charge on any atom is -0.395 e. The van der Waals surface area contributed by atoms with E-state index < -0.39 is 36.1 Å². The third kappa shape index (κ3) is 4.64. The first-order valence-corrected chi connectivity index (χ1v) is 7.14. The van der Waals surface area contributed by atoms with Gasteiger partial charge in [-0.25, -0.2) is 8.78 Å². The summed E-state index contributed by atoms with van der Waals surface area (Å²) in [5, 5.41) is 19.8. The summed E-state index contributed by atoms with van der Waals surface area (Å²) < 4.78 is 25.0. The summed E-state index contributed by atoms with van der Waals surface area (Å²) in [6.45, 7) is -1.71. The van der Waals surface area contributed by atoms with Gasteiger partial charge < -0.3 is 10.0 Å². The molecule has 21 heavy (non-hydrogen) atoms. The molecule has 1 rings (SSSR count). The Bertz CT molecular complexity index is 528. The normalized spacial score (nSPS) is 10.7.